The van der Waals surface area contributed by atoms with E-state index in [0.717, 1.165) is 34.9 Å². The van der Waals surface area contributed by atoms with Gasteiger partial charge >= 0.3 is 5.97 Å². The van der Waals surface area contributed by atoms with Crippen molar-refractivity contribution in [1.82, 2.24) is 0 Å². The third kappa shape index (κ3) is 4.71. The van der Waals surface area contributed by atoms with Crippen LogP contribution in [0.3, 0.4) is 0 Å². The molecule has 0 saturated carbocycles. The van der Waals surface area contributed by atoms with Gasteiger partial charge in [-0.15, -0.1) is 0 Å². The molecule has 0 amide bonds. The van der Waals surface area contributed by atoms with Crippen molar-refractivity contribution in [2.75, 3.05) is 13.7 Å². The van der Waals surface area contributed by atoms with Crippen LogP contribution in [0.2, 0.25) is 0 Å². The maximum atomic E-state index is 11.3. The Balaban J connectivity index is 2.00. The molecule has 0 heterocycles. The van der Waals surface area contributed by atoms with Crippen LogP contribution in [0, 0.1) is 0 Å². The summed E-state index contributed by atoms with van der Waals surface area (Å²) >= 11 is 0. The number of hydrogen-bond acceptors (Lipinski definition) is 4. The number of rotatable bonds is 8. The Morgan fingerprint density at radius 2 is 1.83 bits per heavy atom. The second-order valence-electron chi connectivity index (χ2n) is 6.21. The topological polar surface area (TPSA) is 55.8 Å². The fourth-order valence-corrected chi connectivity index (χ4v) is 2.80. The fraction of sp³-hybridized carbons (Fsp3) is 0.450. The van der Waals surface area contributed by atoms with Crippen molar-refractivity contribution < 1.29 is 19.4 Å². The molecule has 2 aromatic rings. The highest BCUT2D eigenvalue weighted by Crippen LogP contribution is 2.30. The average molecular weight is 330 g/mol. The minimum Gasteiger partial charge on any atom is -0.497 e. The molecule has 0 spiro atoms. The van der Waals surface area contributed by atoms with Gasteiger partial charge in [0.1, 0.15) is 5.75 Å². The SMILES string of the molecule is CCOC(=O)CCCCC(C)(O)c1ccc2cc(OC)ccc2c1. The molecule has 24 heavy (non-hydrogen) atoms. The molecule has 4 heteroatoms. The van der Waals surface area contributed by atoms with E-state index in [1.807, 2.05) is 43.3 Å². The Labute approximate surface area is 143 Å². The first-order valence-corrected chi connectivity index (χ1v) is 8.42. The molecule has 0 aliphatic carbocycles. The monoisotopic (exact) mass is 330 g/mol. The van der Waals surface area contributed by atoms with Gasteiger partial charge in [-0.25, -0.2) is 0 Å². The number of carbonyl (C=O) groups is 1. The lowest BCUT2D eigenvalue weighted by molar-refractivity contribution is -0.143. The van der Waals surface area contributed by atoms with Gasteiger partial charge < -0.3 is 14.6 Å². The molecule has 1 N–H and O–H groups in total. The van der Waals surface area contributed by atoms with Crippen molar-refractivity contribution in [1.29, 1.82) is 0 Å². The average Bonchev–Trinajstić information content (AvgIpc) is 2.58. The van der Waals surface area contributed by atoms with Crippen molar-refractivity contribution in [3.8, 4) is 5.75 Å². The van der Waals surface area contributed by atoms with Crippen LogP contribution in [-0.4, -0.2) is 24.8 Å². The van der Waals surface area contributed by atoms with Gasteiger partial charge in [-0.3, -0.25) is 4.79 Å². The number of aliphatic hydroxyl groups is 1. The highest BCUT2D eigenvalue weighted by Gasteiger charge is 2.23. The van der Waals surface area contributed by atoms with Gasteiger partial charge in [-0.1, -0.05) is 18.2 Å². The molecule has 0 aliphatic heterocycles. The van der Waals surface area contributed by atoms with Crippen LogP contribution in [0.25, 0.3) is 10.8 Å². The second-order valence-corrected chi connectivity index (χ2v) is 6.21. The minimum absolute atomic E-state index is 0.170. The zero-order chi connectivity index (χ0) is 17.6. The van der Waals surface area contributed by atoms with E-state index in [1.54, 1.807) is 14.0 Å². The summed E-state index contributed by atoms with van der Waals surface area (Å²) in [5, 5.41) is 12.9. The first-order valence-electron chi connectivity index (χ1n) is 8.42. The van der Waals surface area contributed by atoms with Gasteiger partial charge in [0.15, 0.2) is 0 Å². The Morgan fingerprint density at radius 1 is 1.12 bits per heavy atom. The molecule has 1 unspecified atom stereocenters. The second kappa shape index (κ2) is 8.15. The standard InChI is InChI=1S/C20H26O4/c1-4-24-19(21)7-5-6-12-20(2,22)17-10-8-16-14-18(23-3)11-9-15(16)13-17/h8-11,13-14,22H,4-7,12H2,1-3H3. The number of benzene rings is 2. The van der Waals surface area contributed by atoms with Gasteiger partial charge in [0.2, 0.25) is 0 Å². The van der Waals surface area contributed by atoms with Gasteiger partial charge in [0.25, 0.3) is 0 Å². The number of methoxy groups -OCH3 is 1. The van der Waals surface area contributed by atoms with Crippen LogP contribution in [0.15, 0.2) is 36.4 Å². The summed E-state index contributed by atoms with van der Waals surface area (Å²) in [7, 11) is 1.65. The molecule has 0 fully saturated rings. The molecule has 0 aromatic heterocycles. The zero-order valence-electron chi connectivity index (χ0n) is 14.7. The maximum Gasteiger partial charge on any atom is 0.305 e. The van der Waals surface area contributed by atoms with E-state index in [9.17, 15) is 9.90 Å². The number of ether oxygens (including phenoxy) is 2. The predicted octanol–water partition coefficient (Wildman–Crippen LogP) is 4.18. The summed E-state index contributed by atoms with van der Waals surface area (Å²) in [5.74, 6) is 0.651. The molecule has 130 valence electrons. The molecular weight excluding hydrogens is 304 g/mol. The van der Waals surface area contributed by atoms with E-state index in [0.29, 0.717) is 19.4 Å². The Hall–Kier alpha value is -2.07. The smallest absolute Gasteiger partial charge is 0.305 e. The molecule has 2 rings (SSSR count). The van der Waals surface area contributed by atoms with Crippen LogP contribution < -0.4 is 4.74 Å². The lowest BCUT2D eigenvalue weighted by Crippen LogP contribution is -2.21. The first kappa shape index (κ1) is 18.3. The summed E-state index contributed by atoms with van der Waals surface area (Å²) in [5.41, 5.74) is -0.0284. The van der Waals surface area contributed by atoms with Crippen molar-refractivity contribution in [2.24, 2.45) is 0 Å². The Morgan fingerprint density at radius 3 is 2.54 bits per heavy atom. The third-order valence-electron chi connectivity index (χ3n) is 4.27. The molecule has 0 saturated heterocycles. The van der Waals surface area contributed by atoms with Crippen molar-refractivity contribution in [3.63, 3.8) is 0 Å². The predicted molar refractivity (Wildman–Crippen MR) is 95.2 cm³/mol. The zero-order valence-corrected chi connectivity index (χ0v) is 14.7. The molecule has 1 atom stereocenters. The number of hydrogen-bond donors (Lipinski definition) is 1. The first-order chi connectivity index (χ1) is 11.5. The molecular formula is C20H26O4. The third-order valence-corrected chi connectivity index (χ3v) is 4.27. The number of carbonyl (C=O) groups excluding carboxylic acids is 1. The van der Waals surface area contributed by atoms with Crippen LogP contribution in [0.5, 0.6) is 5.75 Å². The maximum absolute atomic E-state index is 11.3. The largest absolute Gasteiger partial charge is 0.497 e. The van der Waals surface area contributed by atoms with E-state index in [2.05, 4.69) is 0 Å². The van der Waals surface area contributed by atoms with Crippen LogP contribution in [-0.2, 0) is 15.1 Å². The van der Waals surface area contributed by atoms with Gasteiger partial charge in [-0.2, -0.15) is 0 Å². The summed E-state index contributed by atoms with van der Waals surface area (Å²) in [6.07, 6.45) is 2.50. The highest BCUT2D eigenvalue weighted by atomic mass is 16.5. The summed E-state index contributed by atoms with van der Waals surface area (Å²) < 4.78 is 10.1. The van der Waals surface area contributed by atoms with E-state index < -0.39 is 5.60 Å². The fourth-order valence-electron chi connectivity index (χ4n) is 2.80. The lowest BCUT2D eigenvalue weighted by atomic mass is 9.89. The summed E-state index contributed by atoms with van der Waals surface area (Å²) in [6.45, 7) is 4.04. The normalized spacial score (nSPS) is 13.5. The van der Waals surface area contributed by atoms with Crippen LogP contribution in [0.1, 0.15) is 45.1 Å². The van der Waals surface area contributed by atoms with Crippen LogP contribution >= 0.6 is 0 Å². The minimum atomic E-state index is -0.914. The van der Waals surface area contributed by atoms with Crippen molar-refractivity contribution >= 4 is 16.7 Å². The summed E-state index contributed by atoms with van der Waals surface area (Å²) in [6, 6.07) is 11.9. The Bertz CT molecular complexity index is 691. The van der Waals surface area contributed by atoms with E-state index >= 15 is 0 Å². The molecule has 4 nitrogen and oxygen atoms in total. The highest BCUT2D eigenvalue weighted by molar-refractivity contribution is 5.84. The van der Waals surface area contributed by atoms with Crippen molar-refractivity contribution in [3.05, 3.63) is 42.0 Å². The molecule has 0 radical (unpaired) electrons. The quantitative estimate of drug-likeness (QED) is 0.583. The van der Waals surface area contributed by atoms with Gasteiger partial charge in [0, 0.05) is 6.42 Å². The lowest BCUT2D eigenvalue weighted by Gasteiger charge is -2.24. The number of unbranched alkanes of at least 4 members (excludes halogenated alkanes) is 1. The number of fused-ring (bicyclic) bond motifs is 1. The van der Waals surface area contributed by atoms with E-state index in [-0.39, 0.29) is 5.97 Å². The van der Waals surface area contributed by atoms with E-state index in [1.165, 1.54) is 0 Å². The molecule has 0 bridgehead atoms. The molecule has 2 aromatic carbocycles. The van der Waals surface area contributed by atoms with Gasteiger partial charge in [-0.05, 0) is 67.6 Å². The van der Waals surface area contributed by atoms with Gasteiger partial charge in [0.05, 0.1) is 19.3 Å². The van der Waals surface area contributed by atoms with E-state index in [4.69, 9.17) is 9.47 Å². The summed E-state index contributed by atoms with van der Waals surface area (Å²) in [4.78, 5) is 11.3. The number of esters is 1. The van der Waals surface area contributed by atoms with Crippen molar-refractivity contribution in [2.45, 2.75) is 45.1 Å². The van der Waals surface area contributed by atoms with Crippen LogP contribution in [0.4, 0.5) is 0 Å². The Kier molecular flexibility index (Phi) is 6.21. The molecule has 0 aliphatic rings.